The number of carbonyl (C=O) groups excluding carboxylic acids is 2. The number of nitrogens with one attached hydrogen (secondary N) is 1. The molecule has 1 aliphatic rings. The predicted molar refractivity (Wildman–Crippen MR) is 167 cm³/mol. The number of aliphatic hydroxyl groups is 3. The van der Waals surface area contributed by atoms with Crippen molar-refractivity contribution < 1.29 is 34.5 Å². The van der Waals surface area contributed by atoms with Crippen LogP contribution in [0.15, 0.2) is 66.7 Å². The van der Waals surface area contributed by atoms with Gasteiger partial charge in [-0.25, -0.2) is 0 Å². The summed E-state index contributed by atoms with van der Waals surface area (Å²) in [4.78, 5) is 33.7. The molecule has 236 valence electrons. The van der Waals surface area contributed by atoms with Gasteiger partial charge in [-0.05, 0) is 42.7 Å². The van der Waals surface area contributed by atoms with Crippen molar-refractivity contribution in [3.8, 4) is 16.9 Å². The molecule has 0 aliphatic carbocycles. The number of rotatable bonds is 13. The molecule has 3 aromatic rings. The topological polar surface area (TPSA) is 158 Å². The van der Waals surface area contributed by atoms with Crippen LogP contribution in [-0.4, -0.2) is 90.9 Å². The molecule has 1 fully saturated rings. The first kappa shape index (κ1) is 32.9. The highest BCUT2D eigenvalue weighted by Gasteiger charge is 2.48. The van der Waals surface area contributed by atoms with Crippen LogP contribution in [0.2, 0.25) is 0 Å². The van der Waals surface area contributed by atoms with Crippen molar-refractivity contribution in [1.29, 1.82) is 0 Å². The molecule has 1 saturated heterocycles. The van der Waals surface area contributed by atoms with Crippen molar-refractivity contribution in [2.75, 3.05) is 39.3 Å². The van der Waals surface area contributed by atoms with E-state index in [0.29, 0.717) is 34.4 Å². The molecular weight excluding hydrogens is 564 g/mol. The van der Waals surface area contributed by atoms with Gasteiger partial charge in [0.1, 0.15) is 17.9 Å². The van der Waals surface area contributed by atoms with E-state index in [1.165, 1.54) is 19.1 Å². The molecular formula is C33H42N4O7. The average Bonchev–Trinajstić information content (AvgIpc) is 3.39. The second-order valence-corrected chi connectivity index (χ2v) is 11.3. The Bertz CT molecular complexity index is 1430. The smallest absolute Gasteiger partial charge is 0.251 e. The van der Waals surface area contributed by atoms with Gasteiger partial charge in [0.2, 0.25) is 5.91 Å². The van der Waals surface area contributed by atoms with Crippen molar-refractivity contribution in [1.82, 2.24) is 10.4 Å². The van der Waals surface area contributed by atoms with Gasteiger partial charge in [0.15, 0.2) is 0 Å². The van der Waals surface area contributed by atoms with Crippen molar-refractivity contribution >= 4 is 17.5 Å². The molecule has 11 nitrogen and oxygen atoms in total. The Hall–Kier alpha value is -4.00. The zero-order valence-electron chi connectivity index (χ0n) is 25.5. The third-order valence-corrected chi connectivity index (χ3v) is 7.92. The minimum atomic E-state index is -0.969. The Kier molecular flexibility index (Phi) is 11.0. The van der Waals surface area contributed by atoms with Gasteiger partial charge in [-0.1, -0.05) is 48.5 Å². The Labute approximate surface area is 257 Å². The number of hydroxylamine groups is 2. The van der Waals surface area contributed by atoms with E-state index in [2.05, 4.69) is 5.32 Å². The minimum absolute atomic E-state index is 0.0860. The second kappa shape index (κ2) is 14.7. The Morgan fingerprint density at radius 3 is 2.41 bits per heavy atom. The van der Waals surface area contributed by atoms with Gasteiger partial charge in [-0.2, -0.15) is 5.06 Å². The maximum absolute atomic E-state index is 13.5. The fourth-order valence-electron chi connectivity index (χ4n) is 5.73. The summed E-state index contributed by atoms with van der Waals surface area (Å²) in [5.74, 6) is -1.21. The lowest BCUT2D eigenvalue weighted by atomic mass is 9.89. The molecule has 44 heavy (non-hydrogen) atoms. The van der Waals surface area contributed by atoms with Crippen LogP contribution >= 0.6 is 0 Å². The van der Waals surface area contributed by atoms with Gasteiger partial charge in [0, 0.05) is 42.4 Å². The van der Waals surface area contributed by atoms with E-state index in [1.54, 1.807) is 12.1 Å². The van der Waals surface area contributed by atoms with E-state index < -0.39 is 42.7 Å². The number of ether oxygens (including phenoxy) is 1. The predicted octanol–water partition coefficient (Wildman–Crippen LogP) is 1.72. The lowest BCUT2D eigenvalue weighted by Crippen LogP contribution is -2.47. The molecule has 0 aromatic heterocycles. The summed E-state index contributed by atoms with van der Waals surface area (Å²) in [6.45, 7) is 1.02. The van der Waals surface area contributed by atoms with Crippen LogP contribution in [0, 0.1) is 5.92 Å². The monoisotopic (exact) mass is 606 g/mol. The van der Waals surface area contributed by atoms with E-state index in [4.69, 9.17) is 15.3 Å². The van der Waals surface area contributed by atoms with Crippen LogP contribution in [0.3, 0.4) is 0 Å². The van der Waals surface area contributed by atoms with Crippen molar-refractivity contribution in [3.05, 3.63) is 83.4 Å². The van der Waals surface area contributed by atoms with Crippen molar-refractivity contribution in [3.63, 3.8) is 0 Å². The number of amides is 2. The molecule has 1 aliphatic heterocycles. The van der Waals surface area contributed by atoms with E-state index in [9.17, 15) is 24.9 Å². The maximum atomic E-state index is 13.5. The number of benzene rings is 3. The zero-order valence-corrected chi connectivity index (χ0v) is 25.5. The number of anilines is 1. The van der Waals surface area contributed by atoms with Crippen LogP contribution in [0.25, 0.3) is 11.1 Å². The first-order chi connectivity index (χ1) is 21.1. The molecule has 6 N–H and O–H groups in total. The van der Waals surface area contributed by atoms with Crippen molar-refractivity contribution in [2.45, 2.75) is 44.2 Å². The number of hydrogen-bond donors (Lipinski definition) is 5. The van der Waals surface area contributed by atoms with E-state index in [1.807, 2.05) is 73.6 Å². The van der Waals surface area contributed by atoms with Crippen LogP contribution < -0.4 is 20.7 Å². The van der Waals surface area contributed by atoms with Gasteiger partial charge >= 0.3 is 0 Å². The number of aliphatic hydroxyl groups excluding tert-OH is 3. The minimum Gasteiger partial charge on any atom is -0.496 e. The summed E-state index contributed by atoms with van der Waals surface area (Å²) >= 11 is 0. The third-order valence-electron chi connectivity index (χ3n) is 7.92. The van der Waals surface area contributed by atoms with Crippen LogP contribution in [0.5, 0.6) is 5.75 Å². The largest absolute Gasteiger partial charge is 0.496 e. The van der Waals surface area contributed by atoms with Gasteiger partial charge in [-0.15, -0.1) is 0 Å². The normalized spacial score (nSPS) is 19.8. The van der Waals surface area contributed by atoms with E-state index in [-0.39, 0.29) is 19.1 Å². The highest BCUT2D eigenvalue weighted by molar-refractivity contribution is 5.97. The molecule has 0 saturated carbocycles. The summed E-state index contributed by atoms with van der Waals surface area (Å²) in [5.41, 5.74) is 9.99. The molecule has 11 heteroatoms. The summed E-state index contributed by atoms with van der Waals surface area (Å²) in [5, 5.41) is 34.5. The van der Waals surface area contributed by atoms with Gasteiger partial charge in [0.05, 0.1) is 39.0 Å². The standard InChI is InChI=1S/C33H42N4O7/c1-20(40)29-28(19-39)44-37(30(29)32(34)41)17-22-11-8-12-27(31(22)43-4)23-14-24(16-26(15-23)36(2)3)33(42)35-25(18-38)13-21-9-6-5-7-10-21/h5-12,14-16,20,25,28-30,38-40H,13,17-19H2,1-4H3,(H2,34,41)(H,35,42)/t20-,25+,28-,29+,30-/m0/s1. The van der Waals surface area contributed by atoms with Crippen LogP contribution in [0.4, 0.5) is 5.69 Å². The molecule has 0 spiro atoms. The molecule has 4 rings (SSSR count). The number of hydrogen-bond acceptors (Lipinski definition) is 9. The summed E-state index contributed by atoms with van der Waals surface area (Å²) in [6.07, 6.45) is -1.26. The van der Waals surface area contributed by atoms with Gasteiger partial charge < -0.3 is 36.0 Å². The molecule has 1 heterocycles. The fraction of sp³-hybridized carbons (Fsp3) is 0.394. The second-order valence-electron chi connectivity index (χ2n) is 11.3. The Balaban J connectivity index is 1.67. The van der Waals surface area contributed by atoms with E-state index in [0.717, 1.165) is 11.3 Å². The van der Waals surface area contributed by atoms with Crippen molar-refractivity contribution in [2.24, 2.45) is 11.7 Å². The highest BCUT2D eigenvalue weighted by Crippen LogP contribution is 2.38. The molecule has 0 unspecified atom stereocenters. The summed E-state index contributed by atoms with van der Waals surface area (Å²) in [6, 6.07) is 19.2. The molecule has 3 aromatic carbocycles. The van der Waals surface area contributed by atoms with Crippen LogP contribution in [-0.2, 0) is 22.6 Å². The molecule has 5 atom stereocenters. The lowest BCUT2D eigenvalue weighted by molar-refractivity contribution is -0.181. The first-order valence-electron chi connectivity index (χ1n) is 14.5. The Morgan fingerprint density at radius 1 is 1.09 bits per heavy atom. The van der Waals surface area contributed by atoms with E-state index >= 15 is 0 Å². The third kappa shape index (κ3) is 7.37. The summed E-state index contributed by atoms with van der Waals surface area (Å²) < 4.78 is 5.87. The van der Waals surface area contributed by atoms with Crippen LogP contribution in [0.1, 0.15) is 28.4 Å². The lowest BCUT2D eigenvalue weighted by Gasteiger charge is -2.25. The number of para-hydroxylation sites is 1. The average molecular weight is 607 g/mol. The Morgan fingerprint density at radius 2 is 1.82 bits per heavy atom. The number of nitrogens with zero attached hydrogens (tertiary/aromatic N) is 2. The number of methoxy groups -OCH3 is 1. The first-order valence-corrected chi connectivity index (χ1v) is 14.5. The maximum Gasteiger partial charge on any atom is 0.251 e. The molecule has 0 bridgehead atoms. The van der Waals surface area contributed by atoms with Gasteiger partial charge in [-0.3, -0.25) is 14.4 Å². The summed E-state index contributed by atoms with van der Waals surface area (Å²) in [7, 11) is 5.29. The molecule has 2 amide bonds. The quantitative estimate of drug-likeness (QED) is 0.195. The highest BCUT2D eigenvalue weighted by atomic mass is 16.7. The zero-order chi connectivity index (χ0) is 32.0. The SMILES string of the molecule is COc1c(CN2O[C@@H](CO)[C@@H]([C@H](C)O)[C@H]2C(N)=O)cccc1-c1cc(C(=O)N[C@@H](CO)Cc2ccccc2)cc(N(C)C)c1. The molecule has 0 radical (unpaired) electrons. The fourth-order valence-corrected chi connectivity index (χ4v) is 5.73. The van der Waals surface area contributed by atoms with Gasteiger partial charge in [0.25, 0.3) is 5.91 Å². The number of nitrogens with two attached hydrogens (primary N) is 1. The number of primary amides is 1. The number of carbonyl (C=O) groups is 2.